The fraction of sp³-hybridized carbons (Fsp3) is 0.367. The fourth-order valence-electron chi connectivity index (χ4n) is 5.02. The molecule has 6 nitrogen and oxygen atoms in total. The van der Waals surface area contributed by atoms with E-state index in [1.807, 2.05) is 72.8 Å². The highest BCUT2D eigenvalue weighted by molar-refractivity contribution is 5.91. The highest BCUT2D eigenvalue weighted by Crippen LogP contribution is 2.42. The maximum Gasteiger partial charge on any atom is 0.414 e. The lowest BCUT2D eigenvalue weighted by molar-refractivity contribution is 0.0991. The molecule has 6 heteroatoms. The summed E-state index contributed by atoms with van der Waals surface area (Å²) in [6, 6.07) is 23.9. The number of nitrogens with zero attached hydrogens (tertiary/aromatic N) is 1. The van der Waals surface area contributed by atoms with Gasteiger partial charge < -0.3 is 19.9 Å². The van der Waals surface area contributed by atoms with Gasteiger partial charge in [-0.1, -0.05) is 73.2 Å². The van der Waals surface area contributed by atoms with Crippen molar-refractivity contribution in [1.82, 2.24) is 5.32 Å². The Balaban J connectivity index is 1.40. The number of hydrogen-bond acceptors (Lipinski definition) is 5. The molecular formula is C30H34N2O4. The number of aliphatic hydroxyl groups is 1. The first-order valence-corrected chi connectivity index (χ1v) is 12.8. The third-order valence-corrected chi connectivity index (χ3v) is 7.29. The third kappa shape index (κ3) is 5.40. The van der Waals surface area contributed by atoms with E-state index in [1.54, 1.807) is 7.05 Å². The number of benzene rings is 3. The van der Waals surface area contributed by atoms with Crippen LogP contribution in [0.25, 0.3) is 0 Å². The average Bonchev–Trinajstić information content (AvgIpc) is 2.89. The van der Waals surface area contributed by atoms with Crippen LogP contribution in [0.1, 0.15) is 54.0 Å². The molecule has 2 aliphatic rings. The zero-order chi connectivity index (χ0) is 24.9. The zero-order valence-corrected chi connectivity index (χ0v) is 20.7. The van der Waals surface area contributed by atoms with Gasteiger partial charge in [0.25, 0.3) is 0 Å². The zero-order valence-electron chi connectivity index (χ0n) is 20.7. The number of nitrogens with one attached hydrogen (secondary N) is 1. The normalized spacial score (nSPS) is 19.2. The van der Waals surface area contributed by atoms with Crippen molar-refractivity contribution in [3.05, 3.63) is 95.1 Å². The Morgan fingerprint density at radius 2 is 1.61 bits per heavy atom. The summed E-state index contributed by atoms with van der Waals surface area (Å²) in [5.74, 6) is 0.606. The lowest BCUT2D eigenvalue weighted by atomic mass is 9.82. The molecule has 2 atom stereocenters. The van der Waals surface area contributed by atoms with Gasteiger partial charge in [-0.15, -0.1) is 0 Å². The Bertz CT molecular complexity index is 1160. The van der Waals surface area contributed by atoms with Gasteiger partial charge in [0.05, 0.1) is 11.8 Å². The van der Waals surface area contributed by atoms with Gasteiger partial charge >= 0.3 is 6.09 Å². The molecule has 0 spiro atoms. The fourth-order valence-corrected chi connectivity index (χ4v) is 5.02. The Morgan fingerprint density at radius 1 is 0.944 bits per heavy atom. The standard InChI is InChI=1S/C30H34N2O4/c1-32(30(34)36-20-22-11-6-3-7-12-22)28-24-15-17-26(31-23-13-8-14-23)29(33)25(24)16-18-27(28)35-19-21-9-4-2-5-10-21/h2-7,9-12,16,18,23,26,29,31,33H,8,13-15,17,19-20H2,1H3. The van der Waals surface area contributed by atoms with Gasteiger partial charge in [-0.2, -0.15) is 0 Å². The van der Waals surface area contributed by atoms with Gasteiger partial charge in [0.2, 0.25) is 0 Å². The number of aliphatic hydroxyl groups excluding tert-OH is 1. The number of carbonyl (C=O) groups excluding carboxylic acids is 1. The van der Waals surface area contributed by atoms with E-state index in [1.165, 1.54) is 24.2 Å². The molecule has 0 aromatic heterocycles. The van der Waals surface area contributed by atoms with Gasteiger partial charge in [-0.25, -0.2) is 4.79 Å². The minimum atomic E-state index is -0.634. The third-order valence-electron chi connectivity index (χ3n) is 7.29. The second-order valence-corrected chi connectivity index (χ2v) is 9.74. The van der Waals surface area contributed by atoms with Crippen LogP contribution in [0.3, 0.4) is 0 Å². The van der Waals surface area contributed by atoms with Crippen LogP contribution in [0.4, 0.5) is 10.5 Å². The SMILES string of the molecule is CN(C(=O)OCc1ccccc1)c1c(OCc2ccccc2)ccc2c1CCC(NC1CCC1)C2O. The van der Waals surface area contributed by atoms with E-state index < -0.39 is 12.2 Å². The van der Waals surface area contributed by atoms with Crippen molar-refractivity contribution < 1.29 is 19.4 Å². The van der Waals surface area contributed by atoms with Crippen LogP contribution >= 0.6 is 0 Å². The minimum Gasteiger partial charge on any atom is -0.487 e. The molecule has 1 saturated carbocycles. The predicted octanol–water partition coefficient (Wildman–Crippen LogP) is 5.53. The highest BCUT2D eigenvalue weighted by atomic mass is 16.6. The van der Waals surface area contributed by atoms with E-state index in [4.69, 9.17) is 9.47 Å². The number of carbonyl (C=O) groups is 1. The van der Waals surface area contributed by atoms with E-state index in [0.717, 1.165) is 35.1 Å². The van der Waals surface area contributed by atoms with Crippen molar-refractivity contribution in [1.29, 1.82) is 0 Å². The Morgan fingerprint density at radius 3 is 2.25 bits per heavy atom. The molecule has 0 heterocycles. The molecule has 5 rings (SSSR count). The first kappa shape index (κ1) is 24.3. The van der Waals surface area contributed by atoms with Crippen LogP contribution in [0.2, 0.25) is 0 Å². The monoisotopic (exact) mass is 486 g/mol. The average molecular weight is 487 g/mol. The summed E-state index contributed by atoms with van der Waals surface area (Å²) in [7, 11) is 1.71. The molecule has 2 aliphatic carbocycles. The summed E-state index contributed by atoms with van der Waals surface area (Å²) >= 11 is 0. The highest BCUT2D eigenvalue weighted by Gasteiger charge is 2.34. The van der Waals surface area contributed by atoms with Crippen molar-refractivity contribution in [3.8, 4) is 5.75 Å². The largest absolute Gasteiger partial charge is 0.487 e. The van der Waals surface area contributed by atoms with E-state index >= 15 is 0 Å². The summed E-state index contributed by atoms with van der Waals surface area (Å²) in [5, 5.41) is 14.9. The van der Waals surface area contributed by atoms with Crippen LogP contribution in [0.15, 0.2) is 72.8 Å². The summed E-state index contributed by atoms with van der Waals surface area (Å²) in [5.41, 5.74) is 4.43. The quantitative estimate of drug-likeness (QED) is 0.438. The number of ether oxygens (including phenoxy) is 2. The molecule has 0 saturated heterocycles. The van der Waals surface area contributed by atoms with E-state index in [-0.39, 0.29) is 12.6 Å². The van der Waals surface area contributed by atoms with Gasteiger partial charge in [0, 0.05) is 19.1 Å². The molecule has 3 aromatic carbocycles. The lowest BCUT2D eigenvalue weighted by Gasteiger charge is -2.38. The van der Waals surface area contributed by atoms with Gasteiger partial charge in [-0.05, 0) is 54.0 Å². The summed E-state index contributed by atoms with van der Waals surface area (Å²) in [6.07, 6.45) is 4.04. The van der Waals surface area contributed by atoms with Crippen molar-refractivity contribution in [2.45, 2.75) is 63.5 Å². The molecule has 0 radical (unpaired) electrons. The number of rotatable bonds is 8. The van der Waals surface area contributed by atoms with Crippen LogP contribution in [-0.2, 0) is 24.4 Å². The van der Waals surface area contributed by atoms with Crippen LogP contribution < -0.4 is 15.0 Å². The van der Waals surface area contributed by atoms with Gasteiger partial charge in [0.1, 0.15) is 19.0 Å². The van der Waals surface area contributed by atoms with E-state index in [0.29, 0.717) is 24.1 Å². The summed E-state index contributed by atoms with van der Waals surface area (Å²) in [4.78, 5) is 14.7. The molecule has 0 bridgehead atoms. The second-order valence-electron chi connectivity index (χ2n) is 9.74. The number of anilines is 1. The van der Waals surface area contributed by atoms with Gasteiger partial charge in [0.15, 0.2) is 0 Å². The van der Waals surface area contributed by atoms with Crippen LogP contribution in [0, 0.1) is 0 Å². The maximum absolute atomic E-state index is 13.1. The molecule has 2 N–H and O–H groups in total. The number of amides is 1. The molecule has 36 heavy (non-hydrogen) atoms. The minimum absolute atomic E-state index is 0.0158. The molecule has 3 aromatic rings. The van der Waals surface area contributed by atoms with Gasteiger partial charge in [-0.3, -0.25) is 4.90 Å². The van der Waals surface area contributed by atoms with E-state index in [2.05, 4.69) is 5.32 Å². The molecular weight excluding hydrogens is 452 g/mol. The number of hydrogen-bond donors (Lipinski definition) is 2. The smallest absolute Gasteiger partial charge is 0.414 e. The molecule has 1 fully saturated rings. The van der Waals surface area contributed by atoms with Crippen molar-refractivity contribution in [2.75, 3.05) is 11.9 Å². The van der Waals surface area contributed by atoms with Crippen molar-refractivity contribution >= 4 is 11.8 Å². The molecule has 1 amide bonds. The Hall–Kier alpha value is -3.35. The Kier molecular flexibility index (Phi) is 7.54. The maximum atomic E-state index is 13.1. The second kappa shape index (κ2) is 11.1. The summed E-state index contributed by atoms with van der Waals surface area (Å²) in [6.45, 7) is 0.573. The molecule has 0 aliphatic heterocycles. The number of fused-ring (bicyclic) bond motifs is 1. The molecule has 2 unspecified atom stereocenters. The predicted molar refractivity (Wildman–Crippen MR) is 140 cm³/mol. The van der Waals surface area contributed by atoms with Crippen molar-refractivity contribution in [2.24, 2.45) is 0 Å². The van der Waals surface area contributed by atoms with E-state index in [9.17, 15) is 9.90 Å². The van der Waals surface area contributed by atoms with Crippen LogP contribution in [-0.4, -0.2) is 30.3 Å². The van der Waals surface area contributed by atoms with Crippen molar-refractivity contribution in [3.63, 3.8) is 0 Å². The molecule has 188 valence electrons. The first-order chi connectivity index (χ1) is 17.6. The Labute approximate surface area is 212 Å². The van der Waals surface area contributed by atoms with Crippen LogP contribution in [0.5, 0.6) is 5.75 Å². The topological polar surface area (TPSA) is 71.0 Å². The lowest BCUT2D eigenvalue weighted by Crippen LogP contribution is -2.47. The first-order valence-electron chi connectivity index (χ1n) is 12.8. The summed E-state index contributed by atoms with van der Waals surface area (Å²) < 4.78 is 11.9.